The second kappa shape index (κ2) is 9.10. The van der Waals surface area contributed by atoms with Crippen molar-refractivity contribution in [3.8, 4) is 11.5 Å². The maximum absolute atomic E-state index is 5.52. The standard InChI is InChI=1S/C25H27N3O2S/c1-2-3-4-5-6-11-22-27-24(23-18-9-7-8-10-21(18)31-25(23)28-22)26-15-17-12-13-19-20(14-17)30-16-29-19/h7-10,12-14H,2-6,11,15-16H2,1H3,(H,26,27,28). The third-order valence-corrected chi connectivity index (χ3v) is 6.75. The number of nitrogens with zero attached hydrogens (tertiary/aromatic N) is 2. The summed E-state index contributed by atoms with van der Waals surface area (Å²) in [6.07, 6.45) is 7.15. The summed E-state index contributed by atoms with van der Waals surface area (Å²) in [5.74, 6) is 3.47. The first-order valence-electron chi connectivity index (χ1n) is 11.1. The molecule has 0 unspecified atom stereocenters. The van der Waals surface area contributed by atoms with Crippen LogP contribution in [0.5, 0.6) is 11.5 Å². The number of aryl methyl sites for hydroxylation is 1. The van der Waals surface area contributed by atoms with Crippen molar-refractivity contribution in [3.63, 3.8) is 0 Å². The van der Waals surface area contributed by atoms with Gasteiger partial charge in [-0.1, -0.05) is 56.9 Å². The fourth-order valence-electron chi connectivity index (χ4n) is 4.03. The predicted octanol–water partition coefficient (Wildman–Crippen LogP) is 6.70. The van der Waals surface area contributed by atoms with Gasteiger partial charge in [-0.3, -0.25) is 0 Å². The first kappa shape index (κ1) is 20.1. The highest BCUT2D eigenvalue weighted by molar-refractivity contribution is 7.25. The topological polar surface area (TPSA) is 56.3 Å². The molecule has 0 amide bonds. The molecule has 0 radical (unpaired) electrons. The number of benzene rings is 2. The maximum atomic E-state index is 5.52. The van der Waals surface area contributed by atoms with E-state index < -0.39 is 0 Å². The Morgan fingerprint density at radius 2 is 1.84 bits per heavy atom. The van der Waals surface area contributed by atoms with Gasteiger partial charge < -0.3 is 14.8 Å². The molecule has 2 aromatic heterocycles. The van der Waals surface area contributed by atoms with E-state index >= 15 is 0 Å². The quantitative estimate of drug-likeness (QED) is 0.298. The first-order chi connectivity index (χ1) is 15.3. The molecule has 160 valence electrons. The number of nitrogens with one attached hydrogen (secondary N) is 1. The number of hydrogen-bond donors (Lipinski definition) is 1. The van der Waals surface area contributed by atoms with Crippen LogP contribution in [0.15, 0.2) is 42.5 Å². The zero-order chi connectivity index (χ0) is 21.0. The van der Waals surface area contributed by atoms with E-state index in [0.29, 0.717) is 13.3 Å². The molecular weight excluding hydrogens is 406 g/mol. The van der Waals surface area contributed by atoms with Crippen LogP contribution >= 0.6 is 11.3 Å². The highest BCUT2D eigenvalue weighted by Gasteiger charge is 2.16. The third-order valence-electron chi connectivity index (χ3n) is 5.69. The molecule has 2 aromatic carbocycles. The summed E-state index contributed by atoms with van der Waals surface area (Å²) in [7, 11) is 0. The molecule has 1 aliphatic heterocycles. The average Bonchev–Trinajstić information content (AvgIpc) is 3.41. The molecule has 6 heteroatoms. The van der Waals surface area contributed by atoms with Crippen LogP contribution in [0.1, 0.15) is 50.4 Å². The molecule has 4 aromatic rings. The molecule has 5 rings (SSSR count). The Kier molecular flexibility index (Phi) is 5.89. The van der Waals surface area contributed by atoms with E-state index in [-0.39, 0.29) is 0 Å². The molecule has 31 heavy (non-hydrogen) atoms. The predicted molar refractivity (Wildman–Crippen MR) is 127 cm³/mol. The van der Waals surface area contributed by atoms with Gasteiger partial charge in [0.05, 0.1) is 5.39 Å². The van der Waals surface area contributed by atoms with Crippen molar-refractivity contribution in [2.45, 2.75) is 52.0 Å². The van der Waals surface area contributed by atoms with Gasteiger partial charge in [0.1, 0.15) is 16.5 Å². The van der Waals surface area contributed by atoms with E-state index in [1.165, 1.54) is 35.8 Å². The monoisotopic (exact) mass is 433 g/mol. The van der Waals surface area contributed by atoms with Crippen LogP contribution in [0.4, 0.5) is 5.82 Å². The molecular formula is C25H27N3O2S. The summed E-state index contributed by atoms with van der Waals surface area (Å²) >= 11 is 1.75. The van der Waals surface area contributed by atoms with Crippen LogP contribution in [0, 0.1) is 0 Å². The van der Waals surface area contributed by atoms with E-state index in [1.54, 1.807) is 11.3 Å². The molecule has 0 atom stereocenters. The summed E-state index contributed by atoms with van der Waals surface area (Å²) in [4.78, 5) is 10.9. The van der Waals surface area contributed by atoms with Gasteiger partial charge in [-0.15, -0.1) is 11.3 Å². The zero-order valence-electron chi connectivity index (χ0n) is 17.8. The smallest absolute Gasteiger partial charge is 0.231 e. The maximum Gasteiger partial charge on any atom is 0.231 e. The molecule has 0 fully saturated rings. The molecule has 3 heterocycles. The van der Waals surface area contributed by atoms with Crippen LogP contribution in [0.2, 0.25) is 0 Å². The number of ether oxygens (including phenoxy) is 2. The molecule has 0 spiro atoms. The summed E-state index contributed by atoms with van der Waals surface area (Å²) in [6, 6.07) is 14.6. The summed E-state index contributed by atoms with van der Waals surface area (Å²) in [5, 5.41) is 5.92. The number of aromatic nitrogens is 2. The van der Waals surface area contributed by atoms with Crippen molar-refractivity contribution >= 4 is 37.5 Å². The van der Waals surface area contributed by atoms with Crippen LogP contribution in [-0.4, -0.2) is 16.8 Å². The van der Waals surface area contributed by atoms with Crippen molar-refractivity contribution in [1.29, 1.82) is 0 Å². The Labute approximate surface area is 186 Å². The molecule has 0 aliphatic carbocycles. The summed E-state index contributed by atoms with van der Waals surface area (Å²) in [6.45, 7) is 3.21. The second-order valence-electron chi connectivity index (χ2n) is 7.97. The fourth-order valence-corrected chi connectivity index (χ4v) is 5.13. The van der Waals surface area contributed by atoms with Crippen molar-refractivity contribution < 1.29 is 9.47 Å². The van der Waals surface area contributed by atoms with Gasteiger partial charge in [-0.25, -0.2) is 9.97 Å². The minimum absolute atomic E-state index is 0.293. The Hall–Kier alpha value is -2.86. The zero-order valence-corrected chi connectivity index (χ0v) is 18.6. The van der Waals surface area contributed by atoms with Crippen LogP contribution < -0.4 is 14.8 Å². The highest BCUT2D eigenvalue weighted by Crippen LogP contribution is 2.37. The van der Waals surface area contributed by atoms with Crippen molar-refractivity contribution in [3.05, 3.63) is 53.9 Å². The Bertz CT molecular complexity index is 1200. The van der Waals surface area contributed by atoms with Crippen molar-refractivity contribution in [2.24, 2.45) is 0 Å². The number of unbranched alkanes of at least 4 members (excludes halogenated alkanes) is 4. The lowest BCUT2D eigenvalue weighted by Crippen LogP contribution is -2.05. The number of fused-ring (bicyclic) bond motifs is 4. The molecule has 0 saturated heterocycles. The van der Waals surface area contributed by atoms with Gasteiger partial charge in [-0.2, -0.15) is 0 Å². The lowest BCUT2D eigenvalue weighted by molar-refractivity contribution is 0.174. The molecule has 5 nitrogen and oxygen atoms in total. The highest BCUT2D eigenvalue weighted by atomic mass is 32.1. The molecule has 0 saturated carbocycles. The van der Waals surface area contributed by atoms with Gasteiger partial charge in [0.2, 0.25) is 6.79 Å². The minimum atomic E-state index is 0.293. The van der Waals surface area contributed by atoms with E-state index in [0.717, 1.165) is 51.8 Å². The summed E-state index contributed by atoms with van der Waals surface area (Å²) < 4.78 is 12.2. The molecule has 1 aliphatic rings. The third kappa shape index (κ3) is 4.30. The Balaban J connectivity index is 1.42. The number of anilines is 1. The van der Waals surface area contributed by atoms with Crippen LogP contribution in [0.3, 0.4) is 0 Å². The average molecular weight is 434 g/mol. The number of hydrogen-bond acceptors (Lipinski definition) is 6. The largest absolute Gasteiger partial charge is 0.454 e. The van der Waals surface area contributed by atoms with Crippen molar-refractivity contribution in [2.75, 3.05) is 12.1 Å². The van der Waals surface area contributed by atoms with E-state index in [1.807, 2.05) is 12.1 Å². The summed E-state index contributed by atoms with van der Waals surface area (Å²) in [5.41, 5.74) is 1.14. The number of thiophene rings is 1. The lowest BCUT2D eigenvalue weighted by Gasteiger charge is -2.10. The minimum Gasteiger partial charge on any atom is -0.454 e. The van der Waals surface area contributed by atoms with E-state index in [9.17, 15) is 0 Å². The van der Waals surface area contributed by atoms with Crippen LogP contribution in [0.25, 0.3) is 20.3 Å². The van der Waals surface area contributed by atoms with E-state index in [4.69, 9.17) is 19.4 Å². The SMILES string of the molecule is CCCCCCCc1nc(NCc2ccc3c(c2)OCO3)c2c(n1)sc1ccccc12. The Morgan fingerprint density at radius 3 is 2.77 bits per heavy atom. The molecule has 0 bridgehead atoms. The van der Waals surface area contributed by atoms with Gasteiger partial charge >= 0.3 is 0 Å². The fraction of sp³-hybridized carbons (Fsp3) is 0.360. The van der Waals surface area contributed by atoms with E-state index in [2.05, 4.69) is 42.6 Å². The first-order valence-corrected chi connectivity index (χ1v) is 11.9. The second-order valence-corrected chi connectivity index (χ2v) is 9.00. The number of rotatable bonds is 9. The normalized spacial score (nSPS) is 12.7. The Morgan fingerprint density at radius 1 is 0.968 bits per heavy atom. The van der Waals surface area contributed by atoms with Gasteiger partial charge in [0.15, 0.2) is 11.5 Å². The van der Waals surface area contributed by atoms with Gasteiger partial charge in [0, 0.05) is 23.1 Å². The van der Waals surface area contributed by atoms with Crippen LogP contribution in [-0.2, 0) is 13.0 Å². The van der Waals surface area contributed by atoms with Gasteiger partial charge in [0.25, 0.3) is 0 Å². The van der Waals surface area contributed by atoms with Gasteiger partial charge in [-0.05, 0) is 30.2 Å². The lowest BCUT2D eigenvalue weighted by atomic mass is 10.1. The van der Waals surface area contributed by atoms with Crippen molar-refractivity contribution in [1.82, 2.24) is 9.97 Å². The molecule has 1 N–H and O–H groups in total.